The van der Waals surface area contributed by atoms with Crippen LogP contribution in [0.3, 0.4) is 0 Å². The lowest BCUT2D eigenvalue weighted by atomic mass is 10.00. The number of rotatable bonds is 10. The minimum atomic E-state index is -0.444. The molecule has 9 nitrogen and oxygen atoms in total. The third-order valence-corrected chi connectivity index (χ3v) is 8.45. The molecule has 2 aromatic heterocycles. The Labute approximate surface area is 234 Å². The van der Waals surface area contributed by atoms with Crippen LogP contribution in [0.5, 0.6) is 5.75 Å². The molecule has 210 valence electrons. The lowest BCUT2D eigenvalue weighted by molar-refractivity contribution is 0.0569. The molecule has 1 aliphatic carbocycles. The summed E-state index contributed by atoms with van der Waals surface area (Å²) in [6.45, 7) is 4.19. The number of H-pyrrole nitrogens is 1. The molecule has 1 aliphatic heterocycles. The number of aryl methyl sites for hydroxylation is 1. The predicted octanol–water partition coefficient (Wildman–Crippen LogP) is 4.97. The first-order valence-corrected chi connectivity index (χ1v) is 14.5. The predicted molar refractivity (Wildman–Crippen MR) is 153 cm³/mol. The number of aromatic nitrogens is 5. The molecule has 2 aliphatic rings. The molecular weight excluding hydrogens is 504 g/mol. The Hall–Kier alpha value is -3.56. The fourth-order valence-electron chi connectivity index (χ4n) is 6.26. The molecule has 40 heavy (non-hydrogen) atoms. The standard InChI is InChI=1S/C31H38N6O3/c1-3-21-12-15-28-23(17-21)18-27(31(38)32-28)29(30-33-34-35-37(30)24-7-4-5-8-24)36(20-26-9-6-16-40-26)19-22-10-13-25(39-2)14-11-22/h10-15,17-18,24,26,29H,3-9,16,19-20H2,1-2H3,(H,32,38)/t26-,29-/m0/s1. The van der Waals surface area contributed by atoms with Gasteiger partial charge < -0.3 is 14.5 Å². The maximum absolute atomic E-state index is 13.8. The molecule has 1 N–H and O–H groups in total. The summed E-state index contributed by atoms with van der Waals surface area (Å²) in [7, 11) is 1.67. The highest BCUT2D eigenvalue weighted by Crippen LogP contribution is 2.35. The van der Waals surface area contributed by atoms with Gasteiger partial charge in [-0.25, -0.2) is 4.68 Å². The van der Waals surface area contributed by atoms with E-state index in [0.29, 0.717) is 18.7 Å². The molecule has 0 radical (unpaired) electrons. The first-order valence-electron chi connectivity index (χ1n) is 14.5. The zero-order valence-electron chi connectivity index (χ0n) is 23.4. The summed E-state index contributed by atoms with van der Waals surface area (Å²) in [4.78, 5) is 19.3. The van der Waals surface area contributed by atoms with Gasteiger partial charge in [0.25, 0.3) is 5.56 Å². The van der Waals surface area contributed by atoms with Gasteiger partial charge in [0, 0.05) is 30.8 Å². The fourth-order valence-corrected chi connectivity index (χ4v) is 6.26. The van der Waals surface area contributed by atoms with Crippen molar-refractivity contribution in [1.29, 1.82) is 0 Å². The Balaban J connectivity index is 1.49. The highest BCUT2D eigenvalue weighted by atomic mass is 16.5. The molecule has 2 aromatic carbocycles. The van der Waals surface area contributed by atoms with E-state index in [2.05, 4.69) is 56.6 Å². The Morgan fingerprint density at radius 3 is 2.60 bits per heavy atom. The van der Waals surface area contributed by atoms with E-state index >= 15 is 0 Å². The largest absolute Gasteiger partial charge is 0.497 e. The molecule has 4 aromatic rings. The van der Waals surface area contributed by atoms with Gasteiger partial charge in [-0.05, 0) is 89.4 Å². The molecule has 9 heteroatoms. The number of nitrogens with one attached hydrogen (secondary N) is 1. The molecule has 0 bridgehead atoms. The van der Waals surface area contributed by atoms with Crippen molar-refractivity contribution in [2.75, 3.05) is 20.3 Å². The average molecular weight is 543 g/mol. The minimum Gasteiger partial charge on any atom is -0.497 e. The minimum absolute atomic E-state index is 0.0859. The second-order valence-electron chi connectivity index (χ2n) is 11.1. The van der Waals surface area contributed by atoms with Gasteiger partial charge in [-0.2, -0.15) is 0 Å². The van der Waals surface area contributed by atoms with E-state index in [1.807, 2.05) is 28.9 Å². The van der Waals surface area contributed by atoms with Crippen LogP contribution in [0.4, 0.5) is 0 Å². The molecule has 0 amide bonds. The van der Waals surface area contributed by atoms with E-state index in [1.54, 1.807) is 7.11 Å². The summed E-state index contributed by atoms with van der Waals surface area (Å²) >= 11 is 0. The molecule has 0 spiro atoms. The van der Waals surface area contributed by atoms with Crippen molar-refractivity contribution in [3.05, 3.63) is 81.4 Å². The first-order chi connectivity index (χ1) is 19.6. The van der Waals surface area contributed by atoms with Crippen LogP contribution in [-0.4, -0.2) is 56.5 Å². The van der Waals surface area contributed by atoms with Crippen LogP contribution in [0.15, 0.2) is 53.3 Å². The molecule has 1 saturated heterocycles. The second kappa shape index (κ2) is 11.9. The third kappa shape index (κ3) is 5.53. The van der Waals surface area contributed by atoms with Gasteiger partial charge >= 0.3 is 0 Å². The Kier molecular flexibility index (Phi) is 7.93. The maximum atomic E-state index is 13.8. The Bertz CT molecular complexity index is 1490. The Morgan fingerprint density at radius 2 is 1.88 bits per heavy atom. The molecule has 3 heterocycles. The van der Waals surface area contributed by atoms with Crippen molar-refractivity contribution in [1.82, 2.24) is 30.1 Å². The fraction of sp³-hybridized carbons (Fsp3) is 0.484. The van der Waals surface area contributed by atoms with Crippen LogP contribution in [0.25, 0.3) is 10.9 Å². The van der Waals surface area contributed by atoms with Crippen LogP contribution in [0, 0.1) is 0 Å². The van der Waals surface area contributed by atoms with Crippen molar-refractivity contribution < 1.29 is 9.47 Å². The van der Waals surface area contributed by atoms with Crippen molar-refractivity contribution >= 4 is 10.9 Å². The van der Waals surface area contributed by atoms with Gasteiger partial charge in [0.1, 0.15) is 11.8 Å². The molecule has 1 saturated carbocycles. The zero-order chi connectivity index (χ0) is 27.5. The van der Waals surface area contributed by atoms with Crippen LogP contribution in [0.1, 0.15) is 80.0 Å². The summed E-state index contributed by atoms with van der Waals surface area (Å²) in [5, 5.41) is 14.2. The quantitative estimate of drug-likeness (QED) is 0.302. The van der Waals surface area contributed by atoms with Crippen molar-refractivity contribution in [3.8, 4) is 5.75 Å². The van der Waals surface area contributed by atoms with Gasteiger partial charge in [-0.15, -0.1) is 5.10 Å². The molecular formula is C31H38N6O3. The molecule has 6 rings (SSSR count). The lowest BCUT2D eigenvalue weighted by Crippen LogP contribution is -2.39. The lowest BCUT2D eigenvalue weighted by Gasteiger charge is -2.33. The first kappa shape index (κ1) is 26.7. The van der Waals surface area contributed by atoms with Crippen molar-refractivity contribution in [2.24, 2.45) is 0 Å². The Morgan fingerprint density at radius 1 is 1.07 bits per heavy atom. The van der Waals surface area contributed by atoms with Gasteiger partial charge in [-0.1, -0.05) is 38.0 Å². The number of hydrogen-bond acceptors (Lipinski definition) is 7. The topological polar surface area (TPSA) is 98.2 Å². The van der Waals surface area contributed by atoms with Gasteiger partial charge in [-0.3, -0.25) is 9.69 Å². The highest BCUT2D eigenvalue weighted by molar-refractivity contribution is 5.80. The molecule has 2 atom stereocenters. The number of hydrogen-bond donors (Lipinski definition) is 1. The summed E-state index contributed by atoms with van der Waals surface area (Å²) in [5.41, 5.74) is 3.72. The van der Waals surface area contributed by atoms with Crippen molar-refractivity contribution in [2.45, 2.75) is 76.6 Å². The summed E-state index contributed by atoms with van der Waals surface area (Å²) in [6, 6.07) is 16.2. The second-order valence-corrected chi connectivity index (χ2v) is 11.1. The number of ether oxygens (including phenoxy) is 2. The maximum Gasteiger partial charge on any atom is 0.253 e. The van der Waals surface area contributed by atoms with E-state index in [0.717, 1.165) is 79.6 Å². The monoisotopic (exact) mass is 542 g/mol. The van der Waals surface area contributed by atoms with E-state index in [4.69, 9.17) is 9.47 Å². The number of methoxy groups -OCH3 is 1. The number of pyridine rings is 1. The van der Waals surface area contributed by atoms with Crippen LogP contribution in [0.2, 0.25) is 0 Å². The number of benzene rings is 2. The number of nitrogens with zero attached hydrogens (tertiary/aromatic N) is 5. The SMILES string of the molecule is CCc1ccc2[nH]c(=O)c([C@@H](c3nnnn3C3CCCC3)N(Cc3ccc(OC)cc3)C[C@@H]3CCCO3)cc2c1. The molecule has 2 fully saturated rings. The van der Waals surface area contributed by atoms with Crippen LogP contribution >= 0.6 is 0 Å². The normalized spacial score (nSPS) is 18.6. The van der Waals surface area contributed by atoms with Crippen molar-refractivity contribution in [3.63, 3.8) is 0 Å². The van der Waals surface area contributed by atoms with E-state index < -0.39 is 6.04 Å². The summed E-state index contributed by atoms with van der Waals surface area (Å²) in [5.74, 6) is 1.53. The van der Waals surface area contributed by atoms with Crippen LogP contribution < -0.4 is 10.3 Å². The zero-order valence-corrected chi connectivity index (χ0v) is 23.4. The van der Waals surface area contributed by atoms with Gasteiger partial charge in [0.2, 0.25) is 0 Å². The summed E-state index contributed by atoms with van der Waals surface area (Å²) < 4.78 is 13.5. The van der Waals surface area contributed by atoms with E-state index in [-0.39, 0.29) is 17.7 Å². The van der Waals surface area contributed by atoms with E-state index in [9.17, 15) is 4.79 Å². The average Bonchev–Trinajstić information content (AvgIpc) is 3.77. The van der Waals surface area contributed by atoms with Gasteiger partial charge in [0.15, 0.2) is 5.82 Å². The van der Waals surface area contributed by atoms with Gasteiger partial charge in [0.05, 0.1) is 19.3 Å². The molecule has 0 unspecified atom stereocenters. The number of fused-ring (bicyclic) bond motifs is 1. The van der Waals surface area contributed by atoms with Crippen LogP contribution in [-0.2, 0) is 17.7 Å². The number of aromatic amines is 1. The smallest absolute Gasteiger partial charge is 0.253 e. The third-order valence-electron chi connectivity index (χ3n) is 8.45. The highest BCUT2D eigenvalue weighted by Gasteiger charge is 2.35. The van der Waals surface area contributed by atoms with E-state index in [1.165, 1.54) is 5.56 Å². The summed E-state index contributed by atoms with van der Waals surface area (Å²) in [6.07, 6.45) is 7.47. The number of tetrazole rings is 1.